The summed E-state index contributed by atoms with van der Waals surface area (Å²) in [6, 6.07) is 7.50. The van der Waals surface area contributed by atoms with Crippen LogP contribution in [0.2, 0.25) is 0 Å². The van der Waals surface area contributed by atoms with E-state index >= 15 is 0 Å². The van der Waals surface area contributed by atoms with Gasteiger partial charge in [0.25, 0.3) is 0 Å². The summed E-state index contributed by atoms with van der Waals surface area (Å²) in [5.74, 6) is 0.289. The van der Waals surface area contributed by atoms with Gasteiger partial charge in [-0.2, -0.15) is 0 Å². The molecule has 2 atom stereocenters. The molecule has 0 bridgehead atoms. The number of ether oxygens (including phenoxy) is 1. The van der Waals surface area contributed by atoms with Crippen LogP contribution in [0.25, 0.3) is 0 Å². The quantitative estimate of drug-likeness (QED) is 0.732. The van der Waals surface area contributed by atoms with E-state index < -0.39 is 5.60 Å². The van der Waals surface area contributed by atoms with Gasteiger partial charge in [0.2, 0.25) is 0 Å². The molecule has 4 heteroatoms. The fourth-order valence-corrected chi connectivity index (χ4v) is 2.16. The zero-order valence-corrected chi connectivity index (χ0v) is 10.7. The molecule has 1 aliphatic heterocycles. The molecule has 0 aliphatic carbocycles. The van der Waals surface area contributed by atoms with E-state index in [9.17, 15) is 10.2 Å². The highest BCUT2D eigenvalue weighted by Gasteiger charge is 2.32. The topological polar surface area (TPSA) is 61.7 Å². The first-order chi connectivity index (χ1) is 8.57. The number of aliphatic hydroxyl groups is 1. The van der Waals surface area contributed by atoms with Crippen molar-refractivity contribution >= 4 is 0 Å². The van der Waals surface area contributed by atoms with Gasteiger partial charge in [-0.25, -0.2) is 0 Å². The zero-order valence-electron chi connectivity index (χ0n) is 10.7. The first kappa shape index (κ1) is 13.3. The lowest BCUT2D eigenvalue weighted by atomic mass is 10.0. The molecule has 3 N–H and O–H groups in total. The van der Waals surface area contributed by atoms with Crippen molar-refractivity contribution in [2.24, 2.45) is 0 Å². The Hall–Kier alpha value is -1.10. The lowest BCUT2D eigenvalue weighted by Gasteiger charge is -2.23. The highest BCUT2D eigenvalue weighted by molar-refractivity contribution is 5.26. The third-order valence-corrected chi connectivity index (χ3v) is 3.34. The third kappa shape index (κ3) is 3.70. The summed E-state index contributed by atoms with van der Waals surface area (Å²) in [6.45, 7) is 3.72. The summed E-state index contributed by atoms with van der Waals surface area (Å²) in [7, 11) is 0. The molecule has 2 unspecified atom stereocenters. The van der Waals surface area contributed by atoms with Crippen LogP contribution in [0.15, 0.2) is 24.3 Å². The molecule has 0 amide bonds. The fraction of sp³-hybridized carbons (Fsp3) is 0.571. The SMILES string of the molecule is CC(Cc1ccc(O)cc1)NCC1(O)CCOC1. The molecule has 100 valence electrons. The predicted octanol–water partition coefficient (Wildman–Crippen LogP) is 1.06. The second-order valence-corrected chi connectivity index (χ2v) is 5.18. The molecule has 0 radical (unpaired) electrons. The summed E-state index contributed by atoms with van der Waals surface area (Å²) < 4.78 is 5.21. The van der Waals surface area contributed by atoms with Gasteiger partial charge < -0.3 is 20.3 Å². The summed E-state index contributed by atoms with van der Waals surface area (Å²) in [4.78, 5) is 0. The molecule has 0 aromatic heterocycles. The predicted molar refractivity (Wildman–Crippen MR) is 69.7 cm³/mol. The summed E-state index contributed by atoms with van der Waals surface area (Å²) in [5, 5.41) is 22.7. The molecule has 0 spiro atoms. The Bertz CT molecular complexity index is 371. The van der Waals surface area contributed by atoms with Crippen LogP contribution in [0.4, 0.5) is 0 Å². The zero-order chi connectivity index (χ0) is 13.0. The average Bonchev–Trinajstić information content (AvgIpc) is 2.78. The van der Waals surface area contributed by atoms with Crippen molar-refractivity contribution < 1.29 is 14.9 Å². The average molecular weight is 251 g/mol. The maximum Gasteiger partial charge on any atom is 0.115 e. The largest absolute Gasteiger partial charge is 0.508 e. The first-order valence-corrected chi connectivity index (χ1v) is 6.39. The van der Waals surface area contributed by atoms with Crippen molar-refractivity contribution in [3.63, 3.8) is 0 Å². The van der Waals surface area contributed by atoms with Crippen LogP contribution in [0.3, 0.4) is 0 Å². The third-order valence-electron chi connectivity index (χ3n) is 3.34. The van der Waals surface area contributed by atoms with Crippen LogP contribution in [-0.4, -0.2) is 41.6 Å². The minimum Gasteiger partial charge on any atom is -0.508 e. The highest BCUT2D eigenvalue weighted by Crippen LogP contribution is 2.17. The molecule has 1 heterocycles. The number of aromatic hydroxyl groups is 1. The number of phenolic OH excluding ortho intramolecular Hbond substituents is 1. The number of benzene rings is 1. The van der Waals surface area contributed by atoms with Crippen LogP contribution in [-0.2, 0) is 11.2 Å². The van der Waals surface area contributed by atoms with Gasteiger partial charge in [0.1, 0.15) is 11.4 Å². The van der Waals surface area contributed by atoms with Gasteiger partial charge in [-0.15, -0.1) is 0 Å². The number of hydrogen-bond acceptors (Lipinski definition) is 4. The Kier molecular flexibility index (Phi) is 4.22. The van der Waals surface area contributed by atoms with Gasteiger partial charge in [0, 0.05) is 25.6 Å². The fourth-order valence-electron chi connectivity index (χ4n) is 2.16. The van der Waals surface area contributed by atoms with E-state index in [1.54, 1.807) is 12.1 Å². The number of phenols is 1. The molecule has 1 aliphatic rings. The molecule has 1 aromatic carbocycles. The van der Waals surface area contributed by atoms with Crippen LogP contribution in [0.1, 0.15) is 18.9 Å². The maximum atomic E-state index is 10.1. The minimum atomic E-state index is -0.705. The standard InChI is InChI=1S/C14H21NO3/c1-11(8-12-2-4-13(16)5-3-12)15-9-14(17)6-7-18-10-14/h2-5,11,15-17H,6-10H2,1H3. The molecule has 4 nitrogen and oxygen atoms in total. The van der Waals surface area contributed by atoms with Crippen molar-refractivity contribution in [3.8, 4) is 5.75 Å². The Labute approximate surface area is 108 Å². The smallest absolute Gasteiger partial charge is 0.115 e. The van der Waals surface area contributed by atoms with Crippen LogP contribution >= 0.6 is 0 Å². The molecule has 18 heavy (non-hydrogen) atoms. The highest BCUT2D eigenvalue weighted by atomic mass is 16.5. The lowest BCUT2D eigenvalue weighted by Crippen LogP contribution is -2.44. The van der Waals surface area contributed by atoms with E-state index in [-0.39, 0.29) is 11.8 Å². The van der Waals surface area contributed by atoms with Crippen molar-refractivity contribution in [2.75, 3.05) is 19.8 Å². The van der Waals surface area contributed by atoms with Crippen molar-refractivity contribution in [1.82, 2.24) is 5.32 Å². The molecule has 1 saturated heterocycles. The monoisotopic (exact) mass is 251 g/mol. The molecule has 2 rings (SSSR count). The number of hydrogen-bond donors (Lipinski definition) is 3. The van der Waals surface area contributed by atoms with Gasteiger partial charge in [-0.1, -0.05) is 12.1 Å². The second kappa shape index (κ2) is 5.69. The van der Waals surface area contributed by atoms with Crippen molar-refractivity contribution in [3.05, 3.63) is 29.8 Å². The van der Waals surface area contributed by atoms with Gasteiger partial charge in [0.15, 0.2) is 0 Å². The van der Waals surface area contributed by atoms with E-state index in [4.69, 9.17) is 4.74 Å². The molecular weight excluding hydrogens is 230 g/mol. The summed E-state index contributed by atoms with van der Waals surface area (Å²) in [6.07, 6.45) is 1.57. The van der Waals surface area contributed by atoms with E-state index in [1.807, 2.05) is 12.1 Å². The van der Waals surface area contributed by atoms with Crippen LogP contribution in [0.5, 0.6) is 5.75 Å². The van der Waals surface area contributed by atoms with Crippen LogP contribution in [0, 0.1) is 0 Å². The van der Waals surface area contributed by atoms with Gasteiger partial charge in [-0.05, 0) is 31.0 Å². The first-order valence-electron chi connectivity index (χ1n) is 6.39. The van der Waals surface area contributed by atoms with E-state index in [2.05, 4.69) is 12.2 Å². The minimum absolute atomic E-state index is 0.277. The Morgan fingerprint density at radius 1 is 1.39 bits per heavy atom. The molecule has 1 fully saturated rings. The van der Waals surface area contributed by atoms with E-state index in [0.717, 1.165) is 6.42 Å². The van der Waals surface area contributed by atoms with Crippen molar-refractivity contribution in [1.29, 1.82) is 0 Å². The Balaban J connectivity index is 1.78. The summed E-state index contributed by atoms with van der Waals surface area (Å²) >= 11 is 0. The number of nitrogens with one attached hydrogen (secondary N) is 1. The molecule has 0 saturated carbocycles. The second-order valence-electron chi connectivity index (χ2n) is 5.18. The van der Waals surface area contributed by atoms with E-state index in [0.29, 0.717) is 26.2 Å². The van der Waals surface area contributed by atoms with Gasteiger partial charge in [-0.3, -0.25) is 0 Å². The number of rotatable bonds is 5. The van der Waals surface area contributed by atoms with Gasteiger partial charge >= 0.3 is 0 Å². The molecular formula is C14H21NO3. The Morgan fingerprint density at radius 2 is 2.11 bits per heavy atom. The summed E-state index contributed by atoms with van der Waals surface area (Å²) in [5.41, 5.74) is 0.464. The lowest BCUT2D eigenvalue weighted by molar-refractivity contribution is 0.0252. The van der Waals surface area contributed by atoms with Crippen molar-refractivity contribution in [2.45, 2.75) is 31.4 Å². The maximum absolute atomic E-state index is 10.1. The van der Waals surface area contributed by atoms with Crippen LogP contribution < -0.4 is 5.32 Å². The molecule has 1 aromatic rings. The van der Waals surface area contributed by atoms with E-state index in [1.165, 1.54) is 5.56 Å². The normalized spacial score (nSPS) is 25.2. The Morgan fingerprint density at radius 3 is 2.72 bits per heavy atom. The van der Waals surface area contributed by atoms with Gasteiger partial charge in [0.05, 0.1) is 6.61 Å².